The number of aromatic nitrogens is 1. The zero-order valence-electron chi connectivity index (χ0n) is 20.1. The Bertz CT molecular complexity index is 1390. The third-order valence-electron chi connectivity index (χ3n) is 5.77. The second-order valence-electron chi connectivity index (χ2n) is 8.48. The number of hydrogen-bond donors (Lipinski definition) is 3. The van der Waals surface area contributed by atoms with Crippen molar-refractivity contribution in [3.05, 3.63) is 76.2 Å². The van der Waals surface area contributed by atoms with Gasteiger partial charge in [-0.25, -0.2) is 14.2 Å². The lowest BCUT2D eigenvalue weighted by Crippen LogP contribution is -2.70. The van der Waals surface area contributed by atoms with E-state index < -0.39 is 29.3 Å². The summed E-state index contributed by atoms with van der Waals surface area (Å²) < 4.78 is 1.68. The number of nitrogens with one attached hydrogen (secondary N) is 1. The number of carbonyl (C=O) groups excluding carboxylic acids is 2. The first-order chi connectivity index (χ1) is 18.5. The van der Waals surface area contributed by atoms with Gasteiger partial charge in [-0.05, 0) is 23.8 Å². The molecule has 9 nitrogen and oxygen atoms in total. The quantitative estimate of drug-likeness (QED) is 0.148. The molecule has 4 rings (SSSR count). The van der Waals surface area contributed by atoms with Crippen LogP contribution in [0.25, 0.3) is 0 Å². The molecule has 0 radical (unpaired) electrons. The maximum atomic E-state index is 12.9. The van der Waals surface area contributed by atoms with Crippen LogP contribution < -0.4 is 9.88 Å². The molecule has 3 N–H and O–H groups in total. The molecule has 39 heavy (non-hydrogen) atoms. The average molecular weight is 628 g/mol. The van der Waals surface area contributed by atoms with Crippen LogP contribution in [0, 0.1) is 0 Å². The van der Waals surface area contributed by atoms with Gasteiger partial charge in [0.15, 0.2) is 18.9 Å². The first-order valence-corrected chi connectivity index (χ1v) is 15.1. The van der Waals surface area contributed by atoms with Crippen molar-refractivity contribution in [3.63, 3.8) is 0 Å². The molecule has 0 bridgehead atoms. The molecule has 14 heteroatoms. The minimum absolute atomic E-state index is 0.0201. The molecule has 1 aromatic heterocycles. The van der Waals surface area contributed by atoms with E-state index in [4.69, 9.17) is 28.3 Å². The Morgan fingerprint density at radius 1 is 1.15 bits per heavy atom. The van der Waals surface area contributed by atoms with Crippen molar-refractivity contribution in [1.29, 1.82) is 0 Å². The van der Waals surface area contributed by atoms with Crippen LogP contribution in [0.2, 0.25) is 10.0 Å². The number of pyridine rings is 1. The number of amides is 2. The number of carboxylic acid groups (broad SMARTS) is 2. The first kappa shape index (κ1) is 29.3. The van der Waals surface area contributed by atoms with E-state index in [9.17, 15) is 24.3 Å². The number of nitrogens with zero attached hydrogens (tertiary/aromatic N) is 2. The van der Waals surface area contributed by atoms with Crippen molar-refractivity contribution in [2.24, 2.45) is 0 Å². The number of fused-ring (bicyclic) bond motifs is 1. The molecular weight excluding hydrogens is 605 g/mol. The van der Waals surface area contributed by atoms with Gasteiger partial charge in [-0.3, -0.25) is 14.5 Å². The summed E-state index contributed by atoms with van der Waals surface area (Å²) in [4.78, 5) is 51.3. The van der Waals surface area contributed by atoms with Crippen molar-refractivity contribution < 1.29 is 34.0 Å². The van der Waals surface area contributed by atoms with Gasteiger partial charge >= 0.3 is 11.9 Å². The predicted molar refractivity (Wildman–Crippen MR) is 151 cm³/mol. The monoisotopic (exact) mass is 626 g/mol. The molecule has 2 unspecified atom stereocenters. The number of rotatable bonds is 11. The standard InChI is InChI=1S/C25H21Cl2N3O6S3/c1-13(24(33)34)9-29-6-4-16(5-7-29)37-10-14-11-39-23-20(22(32)30(23)21(14)25(35)36)28-19(31)12-38-18-8-15(26)2-3-17(18)27/h2-8,20,23H,1,9-12H2,(H2-,28,31,33,34,35,36)/p+1. The van der Waals surface area contributed by atoms with Crippen molar-refractivity contribution in [3.8, 4) is 0 Å². The van der Waals surface area contributed by atoms with E-state index in [0.29, 0.717) is 32.0 Å². The van der Waals surface area contributed by atoms with Crippen molar-refractivity contribution in [1.82, 2.24) is 10.2 Å². The molecule has 0 spiro atoms. The van der Waals surface area contributed by atoms with Gasteiger partial charge < -0.3 is 15.5 Å². The Hall–Kier alpha value is -2.64. The van der Waals surface area contributed by atoms with E-state index in [2.05, 4.69) is 11.9 Å². The number of carbonyl (C=O) groups is 4. The average Bonchev–Trinajstić information content (AvgIpc) is 2.91. The number of halogens is 2. The third-order valence-corrected chi connectivity index (χ3v) is 9.94. The Labute approximate surface area is 246 Å². The van der Waals surface area contributed by atoms with Gasteiger partial charge in [-0.1, -0.05) is 29.8 Å². The summed E-state index contributed by atoms with van der Waals surface area (Å²) in [5, 5.41) is 22.0. The van der Waals surface area contributed by atoms with Gasteiger partial charge in [-0.15, -0.1) is 35.3 Å². The molecule has 2 aromatic rings. The predicted octanol–water partition coefficient (Wildman–Crippen LogP) is 3.54. The highest BCUT2D eigenvalue weighted by Gasteiger charge is 2.54. The molecular formula is C25H22Cl2N3O6S3+. The zero-order chi connectivity index (χ0) is 28.3. The van der Waals surface area contributed by atoms with Crippen molar-refractivity contribution in [2.45, 2.75) is 27.8 Å². The van der Waals surface area contributed by atoms with E-state index in [0.717, 1.165) is 4.90 Å². The fraction of sp³-hybridized carbons (Fsp3) is 0.240. The van der Waals surface area contributed by atoms with Gasteiger partial charge in [0, 0.05) is 38.5 Å². The molecule has 1 aromatic carbocycles. The van der Waals surface area contributed by atoms with E-state index in [1.54, 1.807) is 47.3 Å². The third kappa shape index (κ3) is 6.93. The van der Waals surface area contributed by atoms with Crippen LogP contribution in [0.15, 0.2) is 75.9 Å². The molecule has 1 fully saturated rings. The number of thioether (sulfide) groups is 3. The molecule has 2 aliphatic rings. The normalized spacial score (nSPS) is 18.3. The van der Waals surface area contributed by atoms with Crippen LogP contribution >= 0.6 is 58.5 Å². The SMILES string of the molecule is C=C(C[n+]1ccc(SCC2=C(C(=O)O)N3C(=O)C(NC(=O)CSc4cc(Cl)ccc4Cl)C3SC2)cc1)C(=O)O. The summed E-state index contributed by atoms with van der Waals surface area (Å²) in [6.07, 6.45) is 3.44. The lowest BCUT2D eigenvalue weighted by atomic mass is 10.0. The minimum atomic E-state index is -1.20. The lowest BCUT2D eigenvalue weighted by Gasteiger charge is -2.49. The Balaban J connectivity index is 1.36. The highest BCUT2D eigenvalue weighted by Crippen LogP contribution is 2.41. The number of benzene rings is 1. The van der Waals surface area contributed by atoms with Crippen LogP contribution in [0.5, 0.6) is 0 Å². The molecule has 2 atom stereocenters. The second-order valence-corrected chi connectivity index (χ2v) is 12.5. The molecule has 204 valence electrons. The first-order valence-electron chi connectivity index (χ1n) is 11.4. The smallest absolute Gasteiger partial charge is 0.352 e. The Kier molecular flexibility index (Phi) is 9.55. The lowest BCUT2D eigenvalue weighted by molar-refractivity contribution is -0.688. The van der Waals surface area contributed by atoms with Crippen LogP contribution in [-0.4, -0.2) is 67.5 Å². The number of hydrogen-bond acceptors (Lipinski definition) is 7. The van der Waals surface area contributed by atoms with Gasteiger partial charge in [-0.2, -0.15) is 0 Å². The highest BCUT2D eigenvalue weighted by molar-refractivity contribution is 8.01. The summed E-state index contributed by atoms with van der Waals surface area (Å²) >= 11 is 16.1. The van der Waals surface area contributed by atoms with Crippen LogP contribution in [0.4, 0.5) is 0 Å². The van der Waals surface area contributed by atoms with E-state index in [1.165, 1.54) is 40.2 Å². The van der Waals surface area contributed by atoms with Gasteiger partial charge in [0.1, 0.15) is 17.1 Å². The summed E-state index contributed by atoms with van der Waals surface area (Å²) in [7, 11) is 0. The maximum absolute atomic E-state index is 12.9. The molecule has 2 aliphatic heterocycles. The van der Waals surface area contributed by atoms with Crippen molar-refractivity contribution in [2.75, 3.05) is 17.3 Å². The Morgan fingerprint density at radius 3 is 2.54 bits per heavy atom. The summed E-state index contributed by atoms with van der Waals surface area (Å²) in [5.41, 5.74) is 0.614. The van der Waals surface area contributed by atoms with Gasteiger partial charge in [0.2, 0.25) is 5.91 Å². The van der Waals surface area contributed by atoms with E-state index >= 15 is 0 Å². The zero-order valence-corrected chi connectivity index (χ0v) is 24.1. The molecule has 2 amide bonds. The largest absolute Gasteiger partial charge is 0.478 e. The molecule has 1 saturated heterocycles. The highest BCUT2D eigenvalue weighted by atomic mass is 35.5. The maximum Gasteiger partial charge on any atom is 0.352 e. The molecule has 0 aliphatic carbocycles. The van der Waals surface area contributed by atoms with E-state index in [-0.39, 0.29) is 29.5 Å². The number of carboxylic acids is 2. The summed E-state index contributed by atoms with van der Waals surface area (Å²) in [6, 6.07) is 7.73. The van der Waals surface area contributed by atoms with Crippen molar-refractivity contribution >= 4 is 82.2 Å². The number of β-lactam (4-membered cyclic amide) rings is 1. The molecule has 0 saturated carbocycles. The van der Waals surface area contributed by atoms with Gasteiger partial charge in [0.05, 0.1) is 16.3 Å². The van der Waals surface area contributed by atoms with E-state index in [1.807, 2.05) is 0 Å². The topological polar surface area (TPSA) is 128 Å². The van der Waals surface area contributed by atoms with Crippen LogP contribution in [-0.2, 0) is 25.7 Å². The molecule has 3 heterocycles. The fourth-order valence-corrected chi connectivity index (χ4v) is 7.52. The van der Waals surface area contributed by atoms with Gasteiger partial charge in [0.25, 0.3) is 5.91 Å². The fourth-order valence-electron chi connectivity index (χ4n) is 3.84. The minimum Gasteiger partial charge on any atom is -0.478 e. The van der Waals surface area contributed by atoms with Crippen LogP contribution in [0.1, 0.15) is 0 Å². The summed E-state index contributed by atoms with van der Waals surface area (Å²) in [6.45, 7) is 3.66. The Morgan fingerprint density at radius 2 is 1.87 bits per heavy atom. The number of aliphatic carboxylic acids is 2. The summed E-state index contributed by atoms with van der Waals surface area (Å²) in [5.74, 6) is -2.33. The second kappa shape index (κ2) is 12.7. The van der Waals surface area contributed by atoms with Crippen LogP contribution in [0.3, 0.4) is 0 Å².